The van der Waals surface area contributed by atoms with Crippen LogP contribution in [0.3, 0.4) is 0 Å². The molecule has 2 nitrogen and oxygen atoms in total. The SMILES string of the molecule is CCC(CC)C(=O)N(C)c1ccccc1C. The lowest BCUT2D eigenvalue weighted by Gasteiger charge is -2.23. The fraction of sp³-hybridized carbons (Fsp3) is 0.500. The summed E-state index contributed by atoms with van der Waals surface area (Å²) in [4.78, 5) is 14.0. The number of carbonyl (C=O) groups is 1. The molecule has 0 atom stereocenters. The molecule has 88 valence electrons. The second-order valence-electron chi connectivity index (χ2n) is 4.20. The smallest absolute Gasteiger partial charge is 0.229 e. The number of hydrogen-bond acceptors (Lipinski definition) is 1. The Kier molecular flexibility index (Phi) is 4.53. The molecule has 0 aromatic heterocycles. The molecule has 0 spiro atoms. The highest BCUT2D eigenvalue weighted by atomic mass is 16.2. The van der Waals surface area contributed by atoms with Crippen molar-refractivity contribution in [2.45, 2.75) is 33.6 Å². The van der Waals surface area contributed by atoms with Gasteiger partial charge in [0.15, 0.2) is 0 Å². The molecule has 0 aliphatic rings. The van der Waals surface area contributed by atoms with Crippen LogP contribution in [0.25, 0.3) is 0 Å². The molecule has 0 radical (unpaired) electrons. The second-order valence-corrected chi connectivity index (χ2v) is 4.20. The van der Waals surface area contributed by atoms with Crippen molar-refractivity contribution < 1.29 is 4.79 Å². The van der Waals surface area contributed by atoms with Crippen LogP contribution in [0.2, 0.25) is 0 Å². The van der Waals surface area contributed by atoms with Crippen molar-refractivity contribution in [1.82, 2.24) is 0 Å². The van der Waals surface area contributed by atoms with Crippen molar-refractivity contribution in [3.8, 4) is 0 Å². The maximum absolute atomic E-state index is 12.2. The van der Waals surface area contributed by atoms with E-state index in [4.69, 9.17) is 0 Å². The quantitative estimate of drug-likeness (QED) is 0.760. The average Bonchev–Trinajstić information content (AvgIpc) is 2.30. The largest absolute Gasteiger partial charge is 0.315 e. The van der Waals surface area contributed by atoms with E-state index in [0.29, 0.717) is 0 Å². The van der Waals surface area contributed by atoms with E-state index in [9.17, 15) is 4.79 Å². The Labute approximate surface area is 98.3 Å². The van der Waals surface area contributed by atoms with Gasteiger partial charge in [0.25, 0.3) is 0 Å². The third kappa shape index (κ3) is 2.63. The summed E-state index contributed by atoms with van der Waals surface area (Å²) in [6.07, 6.45) is 1.82. The molecule has 0 unspecified atom stereocenters. The molecule has 1 amide bonds. The van der Waals surface area contributed by atoms with Crippen LogP contribution in [0.1, 0.15) is 32.3 Å². The van der Waals surface area contributed by atoms with E-state index in [1.165, 1.54) is 0 Å². The zero-order chi connectivity index (χ0) is 12.1. The van der Waals surface area contributed by atoms with Gasteiger partial charge in [-0.05, 0) is 31.4 Å². The van der Waals surface area contributed by atoms with Crippen LogP contribution in [-0.4, -0.2) is 13.0 Å². The van der Waals surface area contributed by atoms with Gasteiger partial charge < -0.3 is 4.90 Å². The minimum atomic E-state index is 0.143. The molecule has 0 heterocycles. The van der Waals surface area contributed by atoms with Gasteiger partial charge in [0.2, 0.25) is 5.91 Å². The zero-order valence-corrected chi connectivity index (χ0v) is 10.7. The van der Waals surface area contributed by atoms with Crippen LogP contribution in [0, 0.1) is 12.8 Å². The summed E-state index contributed by atoms with van der Waals surface area (Å²) in [6.45, 7) is 6.17. The minimum absolute atomic E-state index is 0.143. The van der Waals surface area contributed by atoms with Gasteiger partial charge in [-0.15, -0.1) is 0 Å². The lowest BCUT2D eigenvalue weighted by Crippen LogP contribution is -2.32. The first-order valence-electron chi connectivity index (χ1n) is 5.95. The first-order chi connectivity index (χ1) is 7.61. The van der Waals surface area contributed by atoms with Gasteiger partial charge in [-0.3, -0.25) is 4.79 Å². The fourth-order valence-electron chi connectivity index (χ4n) is 1.97. The molecule has 0 saturated heterocycles. The van der Waals surface area contributed by atoms with E-state index in [0.717, 1.165) is 24.1 Å². The average molecular weight is 219 g/mol. The van der Waals surface area contributed by atoms with Gasteiger partial charge in [-0.25, -0.2) is 0 Å². The number of benzene rings is 1. The molecule has 16 heavy (non-hydrogen) atoms. The molecule has 1 aromatic rings. The Hall–Kier alpha value is -1.31. The Bertz CT molecular complexity index is 356. The van der Waals surface area contributed by atoms with Crippen LogP contribution < -0.4 is 4.90 Å². The number of hydrogen-bond donors (Lipinski definition) is 0. The van der Waals surface area contributed by atoms with Crippen LogP contribution in [0.5, 0.6) is 0 Å². The summed E-state index contributed by atoms with van der Waals surface area (Å²) < 4.78 is 0. The highest BCUT2D eigenvalue weighted by molar-refractivity contribution is 5.95. The summed E-state index contributed by atoms with van der Waals surface area (Å²) in [5.74, 6) is 0.365. The molecule has 2 heteroatoms. The van der Waals surface area contributed by atoms with Crippen molar-refractivity contribution in [3.63, 3.8) is 0 Å². The summed E-state index contributed by atoms with van der Waals surface area (Å²) in [6, 6.07) is 7.99. The van der Waals surface area contributed by atoms with E-state index >= 15 is 0 Å². The fourth-order valence-corrected chi connectivity index (χ4v) is 1.97. The molecule has 0 N–H and O–H groups in total. The molecular weight excluding hydrogens is 198 g/mol. The first-order valence-corrected chi connectivity index (χ1v) is 5.95. The lowest BCUT2D eigenvalue weighted by molar-refractivity contribution is -0.122. The number of para-hydroxylation sites is 1. The predicted octanol–water partition coefficient (Wildman–Crippen LogP) is 3.39. The monoisotopic (exact) mass is 219 g/mol. The third-order valence-corrected chi connectivity index (χ3v) is 3.14. The summed E-state index contributed by atoms with van der Waals surface area (Å²) in [5, 5.41) is 0. The lowest BCUT2D eigenvalue weighted by atomic mass is 10.0. The van der Waals surface area contributed by atoms with Crippen molar-refractivity contribution in [2.24, 2.45) is 5.92 Å². The minimum Gasteiger partial charge on any atom is -0.315 e. The van der Waals surface area contributed by atoms with Crippen molar-refractivity contribution >= 4 is 11.6 Å². The maximum atomic E-state index is 12.2. The van der Waals surface area contributed by atoms with Gasteiger partial charge in [0.1, 0.15) is 0 Å². The normalized spacial score (nSPS) is 10.6. The second kappa shape index (κ2) is 5.69. The molecule has 0 bridgehead atoms. The number of carbonyl (C=O) groups excluding carboxylic acids is 1. The molecule has 0 aliphatic carbocycles. The van der Waals surface area contributed by atoms with E-state index in [2.05, 4.69) is 13.8 Å². The topological polar surface area (TPSA) is 20.3 Å². The first kappa shape index (κ1) is 12.8. The Morgan fingerprint density at radius 3 is 2.31 bits per heavy atom. The number of rotatable bonds is 4. The van der Waals surface area contributed by atoms with Gasteiger partial charge in [-0.1, -0.05) is 32.0 Å². The number of anilines is 1. The summed E-state index contributed by atoms with van der Waals surface area (Å²) in [5.41, 5.74) is 2.16. The van der Waals surface area contributed by atoms with E-state index < -0.39 is 0 Å². The van der Waals surface area contributed by atoms with Crippen LogP contribution in [0.15, 0.2) is 24.3 Å². The standard InChI is InChI=1S/C14H21NO/c1-5-12(6-2)14(16)15(4)13-10-8-7-9-11(13)3/h7-10,12H,5-6H2,1-4H3. The highest BCUT2D eigenvalue weighted by Crippen LogP contribution is 2.21. The third-order valence-electron chi connectivity index (χ3n) is 3.14. The molecule has 1 aromatic carbocycles. The zero-order valence-electron chi connectivity index (χ0n) is 10.7. The number of nitrogens with zero attached hydrogens (tertiary/aromatic N) is 1. The van der Waals surface area contributed by atoms with E-state index in [-0.39, 0.29) is 11.8 Å². The van der Waals surface area contributed by atoms with Gasteiger partial charge in [0, 0.05) is 18.7 Å². The Morgan fingerprint density at radius 1 is 1.25 bits per heavy atom. The maximum Gasteiger partial charge on any atom is 0.229 e. The molecule has 0 fully saturated rings. The van der Waals surface area contributed by atoms with Crippen LogP contribution in [0.4, 0.5) is 5.69 Å². The Morgan fingerprint density at radius 2 is 1.81 bits per heavy atom. The molecule has 0 aliphatic heterocycles. The molecule has 1 rings (SSSR count). The van der Waals surface area contributed by atoms with Gasteiger partial charge in [0.05, 0.1) is 0 Å². The summed E-state index contributed by atoms with van der Waals surface area (Å²) in [7, 11) is 1.86. The van der Waals surface area contributed by atoms with Crippen LogP contribution in [-0.2, 0) is 4.79 Å². The van der Waals surface area contributed by atoms with Crippen LogP contribution >= 0.6 is 0 Å². The number of aryl methyl sites for hydroxylation is 1. The molecular formula is C14H21NO. The van der Waals surface area contributed by atoms with E-state index in [1.54, 1.807) is 4.90 Å². The molecule has 0 saturated carbocycles. The van der Waals surface area contributed by atoms with Gasteiger partial charge >= 0.3 is 0 Å². The van der Waals surface area contributed by atoms with Crippen molar-refractivity contribution in [2.75, 3.05) is 11.9 Å². The highest BCUT2D eigenvalue weighted by Gasteiger charge is 2.20. The van der Waals surface area contributed by atoms with E-state index in [1.807, 2.05) is 38.2 Å². The Balaban J connectivity index is 2.90. The predicted molar refractivity (Wildman–Crippen MR) is 68.7 cm³/mol. The summed E-state index contributed by atoms with van der Waals surface area (Å²) >= 11 is 0. The number of amides is 1. The van der Waals surface area contributed by atoms with Crippen molar-refractivity contribution in [1.29, 1.82) is 0 Å². The van der Waals surface area contributed by atoms with Crippen molar-refractivity contribution in [3.05, 3.63) is 29.8 Å². The van der Waals surface area contributed by atoms with Gasteiger partial charge in [-0.2, -0.15) is 0 Å².